The van der Waals surface area contributed by atoms with E-state index in [0.29, 0.717) is 26.1 Å². The maximum absolute atomic E-state index is 12.0. The van der Waals surface area contributed by atoms with E-state index in [2.05, 4.69) is 0 Å². The third-order valence-corrected chi connectivity index (χ3v) is 4.00. The molecule has 18 heavy (non-hydrogen) atoms. The second-order valence-electron chi connectivity index (χ2n) is 5.28. The molecule has 0 aromatic rings. The van der Waals surface area contributed by atoms with Gasteiger partial charge in [0.1, 0.15) is 0 Å². The largest absolute Gasteiger partial charge is 0.481 e. The number of likely N-dealkylation sites (N-methyl/N-ethyl adjacent to an activating group) is 1. The molecule has 2 aliphatic heterocycles. The first-order chi connectivity index (χ1) is 8.39. The second-order valence-corrected chi connectivity index (χ2v) is 5.28. The zero-order valence-electron chi connectivity index (χ0n) is 10.7. The number of hydrogen-bond donors (Lipinski definition) is 1. The van der Waals surface area contributed by atoms with Crippen LogP contribution in [0.1, 0.15) is 26.7 Å². The summed E-state index contributed by atoms with van der Waals surface area (Å²) in [5, 5.41) is 9.16. The van der Waals surface area contributed by atoms with Gasteiger partial charge < -0.3 is 5.11 Å². The Morgan fingerprint density at radius 3 is 2.61 bits per heavy atom. The average Bonchev–Trinajstić information content (AvgIpc) is 2.82. The van der Waals surface area contributed by atoms with E-state index < -0.39 is 17.4 Å². The van der Waals surface area contributed by atoms with Gasteiger partial charge in [-0.05, 0) is 20.3 Å². The predicted octanol–water partition coefficient (Wildman–Crippen LogP) is -0.0696. The monoisotopic (exact) mass is 254 g/mol. The van der Waals surface area contributed by atoms with Crippen LogP contribution in [0.25, 0.3) is 0 Å². The fraction of sp³-hybridized carbons (Fsp3) is 0.750. The summed E-state index contributed by atoms with van der Waals surface area (Å²) in [4.78, 5) is 37.9. The molecule has 1 N–H and O–H groups in total. The van der Waals surface area contributed by atoms with E-state index in [1.807, 2.05) is 4.90 Å². The number of hydrogen-bond acceptors (Lipinski definition) is 4. The maximum atomic E-state index is 12.0. The van der Waals surface area contributed by atoms with Gasteiger partial charge in [-0.25, -0.2) is 0 Å². The van der Waals surface area contributed by atoms with E-state index in [9.17, 15) is 14.4 Å². The summed E-state index contributed by atoms with van der Waals surface area (Å²) in [7, 11) is 0. The Kier molecular flexibility index (Phi) is 3.14. The van der Waals surface area contributed by atoms with Gasteiger partial charge in [0.15, 0.2) is 0 Å². The van der Waals surface area contributed by atoms with Gasteiger partial charge in [0.05, 0.1) is 17.9 Å². The molecule has 0 saturated carbocycles. The summed E-state index contributed by atoms with van der Waals surface area (Å²) in [6.07, 6.45) is 0.703. The van der Waals surface area contributed by atoms with Crippen molar-refractivity contribution < 1.29 is 19.5 Å². The van der Waals surface area contributed by atoms with Gasteiger partial charge in [0.2, 0.25) is 11.8 Å². The molecular formula is C12H18N2O4. The van der Waals surface area contributed by atoms with E-state index in [1.54, 1.807) is 13.8 Å². The fourth-order valence-corrected chi connectivity index (χ4v) is 2.72. The van der Waals surface area contributed by atoms with Crippen LogP contribution in [-0.2, 0) is 14.4 Å². The van der Waals surface area contributed by atoms with Crippen molar-refractivity contribution >= 4 is 17.8 Å². The third kappa shape index (κ3) is 1.90. The SMILES string of the molecule is CCN1C(=O)CC(N2CCC(C)(C(=O)O)C2)C1=O. The number of carboxylic acid groups (broad SMARTS) is 1. The van der Waals surface area contributed by atoms with Crippen molar-refractivity contribution in [2.24, 2.45) is 5.41 Å². The standard InChI is InChI=1S/C12H18N2O4/c1-3-14-9(15)6-8(10(14)16)13-5-4-12(2,7-13)11(17)18/h8H,3-7H2,1-2H3,(H,17,18). The van der Waals surface area contributed by atoms with Crippen LogP contribution in [0, 0.1) is 5.41 Å². The lowest BCUT2D eigenvalue weighted by molar-refractivity contribution is -0.148. The number of rotatable bonds is 3. The molecule has 2 amide bonds. The van der Waals surface area contributed by atoms with Crippen LogP contribution in [-0.4, -0.2) is 58.4 Å². The van der Waals surface area contributed by atoms with Gasteiger partial charge in [0.25, 0.3) is 0 Å². The molecule has 2 saturated heterocycles. The molecule has 0 spiro atoms. The van der Waals surface area contributed by atoms with E-state index in [1.165, 1.54) is 4.90 Å². The third-order valence-electron chi connectivity index (χ3n) is 4.00. The smallest absolute Gasteiger partial charge is 0.310 e. The van der Waals surface area contributed by atoms with Crippen molar-refractivity contribution in [1.29, 1.82) is 0 Å². The minimum Gasteiger partial charge on any atom is -0.481 e. The Bertz CT molecular complexity index is 409. The van der Waals surface area contributed by atoms with Gasteiger partial charge in [-0.3, -0.25) is 24.2 Å². The Balaban J connectivity index is 2.10. The summed E-state index contributed by atoms with van der Waals surface area (Å²) in [5.74, 6) is -1.18. The number of imide groups is 1. The number of amides is 2. The molecule has 2 aliphatic rings. The molecule has 6 heteroatoms. The highest BCUT2D eigenvalue weighted by Crippen LogP contribution is 2.33. The van der Waals surface area contributed by atoms with Gasteiger partial charge in [0, 0.05) is 19.6 Å². The zero-order chi connectivity index (χ0) is 13.5. The van der Waals surface area contributed by atoms with Crippen LogP contribution in [0.15, 0.2) is 0 Å². The number of carboxylic acids is 1. The van der Waals surface area contributed by atoms with Crippen molar-refractivity contribution in [2.45, 2.75) is 32.7 Å². The maximum Gasteiger partial charge on any atom is 0.310 e. The van der Waals surface area contributed by atoms with Crippen molar-refractivity contribution in [1.82, 2.24) is 9.80 Å². The molecule has 6 nitrogen and oxygen atoms in total. The second kappa shape index (κ2) is 4.35. The Labute approximate surface area is 106 Å². The van der Waals surface area contributed by atoms with Crippen LogP contribution in [0.2, 0.25) is 0 Å². The summed E-state index contributed by atoms with van der Waals surface area (Å²) >= 11 is 0. The van der Waals surface area contributed by atoms with E-state index in [0.717, 1.165) is 0 Å². The Morgan fingerprint density at radius 1 is 1.50 bits per heavy atom. The Morgan fingerprint density at radius 2 is 2.17 bits per heavy atom. The summed E-state index contributed by atoms with van der Waals surface area (Å²) in [5.41, 5.74) is -0.803. The van der Waals surface area contributed by atoms with Crippen LogP contribution in [0.5, 0.6) is 0 Å². The highest BCUT2D eigenvalue weighted by molar-refractivity contribution is 6.05. The molecule has 0 bridgehead atoms. The number of carbonyl (C=O) groups is 3. The minimum atomic E-state index is -0.839. The van der Waals surface area contributed by atoms with Crippen molar-refractivity contribution in [3.63, 3.8) is 0 Å². The Hall–Kier alpha value is -1.43. The van der Waals surface area contributed by atoms with E-state index in [4.69, 9.17) is 5.11 Å². The lowest BCUT2D eigenvalue weighted by Gasteiger charge is -2.24. The molecule has 2 heterocycles. The molecule has 2 rings (SSSR count). The van der Waals surface area contributed by atoms with Gasteiger partial charge in [-0.15, -0.1) is 0 Å². The normalized spacial score (nSPS) is 33.4. The molecule has 0 radical (unpaired) electrons. The minimum absolute atomic E-state index is 0.156. The quantitative estimate of drug-likeness (QED) is 0.713. The summed E-state index contributed by atoms with van der Waals surface area (Å²) in [6, 6.07) is -0.460. The summed E-state index contributed by atoms with van der Waals surface area (Å²) < 4.78 is 0. The lowest BCUT2D eigenvalue weighted by Crippen LogP contribution is -2.42. The first-order valence-electron chi connectivity index (χ1n) is 6.20. The number of likely N-dealkylation sites (tertiary alicyclic amines) is 2. The molecule has 100 valence electrons. The molecule has 0 aromatic carbocycles. The molecule has 2 fully saturated rings. The molecule has 2 atom stereocenters. The fourth-order valence-electron chi connectivity index (χ4n) is 2.72. The molecule has 0 aliphatic carbocycles. The van der Waals surface area contributed by atoms with E-state index >= 15 is 0 Å². The average molecular weight is 254 g/mol. The van der Waals surface area contributed by atoms with Crippen LogP contribution in [0.3, 0.4) is 0 Å². The molecular weight excluding hydrogens is 236 g/mol. The van der Waals surface area contributed by atoms with Gasteiger partial charge in [-0.1, -0.05) is 0 Å². The van der Waals surface area contributed by atoms with Crippen LogP contribution in [0.4, 0.5) is 0 Å². The number of nitrogens with zero attached hydrogens (tertiary/aromatic N) is 2. The lowest BCUT2D eigenvalue weighted by atomic mass is 9.90. The number of carbonyl (C=O) groups excluding carboxylic acids is 2. The van der Waals surface area contributed by atoms with Crippen LogP contribution < -0.4 is 0 Å². The first-order valence-corrected chi connectivity index (χ1v) is 6.20. The highest BCUT2D eigenvalue weighted by Gasteiger charge is 2.48. The summed E-state index contributed by atoms with van der Waals surface area (Å²) in [6.45, 7) is 4.74. The first kappa shape index (κ1) is 13.0. The topological polar surface area (TPSA) is 77.9 Å². The van der Waals surface area contributed by atoms with Gasteiger partial charge in [-0.2, -0.15) is 0 Å². The zero-order valence-corrected chi connectivity index (χ0v) is 10.7. The van der Waals surface area contributed by atoms with Crippen molar-refractivity contribution in [3.8, 4) is 0 Å². The number of aliphatic carboxylic acids is 1. The predicted molar refractivity (Wildman–Crippen MR) is 62.7 cm³/mol. The van der Waals surface area contributed by atoms with Gasteiger partial charge >= 0.3 is 5.97 Å². The van der Waals surface area contributed by atoms with E-state index in [-0.39, 0.29) is 18.2 Å². The molecule has 2 unspecified atom stereocenters. The van der Waals surface area contributed by atoms with Crippen molar-refractivity contribution in [2.75, 3.05) is 19.6 Å². The highest BCUT2D eigenvalue weighted by atomic mass is 16.4. The van der Waals surface area contributed by atoms with Crippen molar-refractivity contribution in [3.05, 3.63) is 0 Å². The molecule has 0 aromatic heterocycles. The van der Waals surface area contributed by atoms with Crippen LogP contribution >= 0.6 is 0 Å².